The van der Waals surface area contributed by atoms with Crippen LogP contribution in [-0.4, -0.2) is 28.4 Å². The second kappa shape index (κ2) is 7.09. The molecule has 4 amide bonds. The van der Waals surface area contributed by atoms with E-state index < -0.39 is 17.5 Å². The van der Waals surface area contributed by atoms with Gasteiger partial charge in [-0.25, -0.2) is 4.79 Å². The maximum atomic E-state index is 12.7. The number of imide groups is 1. The molecule has 1 heterocycles. The third kappa shape index (κ3) is 3.73. The first kappa shape index (κ1) is 17.2. The number of amides is 4. The predicted octanol–water partition coefficient (Wildman–Crippen LogP) is 2.32. The van der Waals surface area contributed by atoms with Crippen molar-refractivity contribution in [2.24, 2.45) is 5.92 Å². The molecule has 2 N–H and O–H groups in total. The Morgan fingerprint density at radius 3 is 2.72 bits per heavy atom. The van der Waals surface area contributed by atoms with Gasteiger partial charge < -0.3 is 5.32 Å². The number of aryl methyl sites for hydroxylation is 1. The third-order valence-electron chi connectivity index (χ3n) is 4.88. The summed E-state index contributed by atoms with van der Waals surface area (Å²) in [5, 5.41) is 3.56. The highest BCUT2D eigenvalue weighted by Gasteiger charge is 2.48. The van der Waals surface area contributed by atoms with E-state index in [0.29, 0.717) is 19.3 Å². The van der Waals surface area contributed by atoms with Crippen LogP contribution in [0, 0.1) is 5.92 Å². The molecular formula is C19H23N3O3. The van der Waals surface area contributed by atoms with Crippen LogP contribution in [0.25, 0.3) is 0 Å². The van der Waals surface area contributed by atoms with Crippen molar-refractivity contribution in [2.75, 3.05) is 0 Å². The number of nitrogens with zero attached hydrogens (tertiary/aromatic N) is 1. The highest BCUT2D eigenvalue weighted by molar-refractivity contribution is 6.07. The minimum absolute atomic E-state index is 0.193. The van der Waals surface area contributed by atoms with Crippen molar-refractivity contribution in [1.29, 1.82) is 0 Å². The number of benzene rings is 1. The number of hydrogen-bond donors (Lipinski definition) is 2. The second-order valence-corrected chi connectivity index (χ2v) is 6.85. The maximum Gasteiger partial charge on any atom is 0.344 e. The van der Waals surface area contributed by atoms with Gasteiger partial charge in [-0.3, -0.25) is 15.0 Å². The van der Waals surface area contributed by atoms with Gasteiger partial charge in [0.25, 0.3) is 5.91 Å². The molecule has 2 aliphatic rings. The van der Waals surface area contributed by atoms with E-state index in [1.54, 1.807) is 6.92 Å². The number of urea groups is 1. The van der Waals surface area contributed by atoms with Crippen LogP contribution in [0.15, 0.2) is 42.5 Å². The fourth-order valence-corrected chi connectivity index (χ4v) is 3.23. The number of hydrogen-bond acceptors (Lipinski definition) is 3. The van der Waals surface area contributed by atoms with E-state index in [0.717, 1.165) is 23.4 Å². The number of carbonyl (C=O) groups is 3. The van der Waals surface area contributed by atoms with E-state index in [1.165, 1.54) is 0 Å². The second-order valence-electron chi connectivity index (χ2n) is 6.85. The van der Waals surface area contributed by atoms with Gasteiger partial charge in [0.05, 0.1) is 0 Å². The van der Waals surface area contributed by atoms with Crippen LogP contribution < -0.4 is 10.7 Å². The van der Waals surface area contributed by atoms with Gasteiger partial charge in [-0.15, -0.1) is 0 Å². The first-order valence-electron chi connectivity index (χ1n) is 8.66. The Morgan fingerprint density at radius 2 is 2.04 bits per heavy atom. The summed E-state index contributed by atoms with van der Waals surface area (Å²) in [6, 6.07) is 9.23. The van der Waals surface area contributed by atoms with E-state index in [1.807, 2.05) is 42.5 Å². The van der Waals surface area contributed by atoms with Crippen molar-refractivity contribution >= 4 is 17.8 Å². The largest absolute Gasteiger partial charge is 0.344 e. The van der Waals surface area contributed by atoms with Crippen LogP contribution >= 0.6 is 0 Å². The number of rotatable bonds is 5. The Morgan fingerprint density at radius 1 is 1.28 bits per heavy atom. The molecule has 2 atom stereocenters. The molecule has 1 aromatic rings. The van der Waals surface area contributed by atoms with Crippen LogP contribution in [0.4, 0.5) is 4.79 Å². The average Bonchev–Trinajstić information content (AvgIpc) is 2.85. The van der Waals surface area contributed by atoms with Gasteiger partial charge >= 0.3 is 6.03 Å². The van der Waals surface area contributed by atoms with Crippen LogP contribution in [0.2, 0.25) is 0 Å². The molecule has 1 aliphatic carbocycles. The van der Waals surface area contributed by atoms with Gasteiger partial charge in [0.15, 0.2) is 0 Å². The molecule has 0 spiro atoms. The standard InChI is InChI=1S/C19H23N3O3/c1-19(13-12-14-8-4-2-5-9-14)17(24)22(18(25)20-19)21-16(23)15-10-6-3-7-11-15/h2-6,8-9,15H,7,10-13H2,1H3,(H,20,25)(H,21,23)/t15-,19+/m0/s1. The van der Waals surface area contributed by atoms with Crippen molar-refractivity contribution < 1.29 is 14.4 Å². The molecule has 0 unspecified atom stereocenters. The van der Waals surface area contributed by atoms with Crippen LogP contribution in [0.1, 0.15) is 38.2 Å². The third-order valence-corrected chi connectivity index (χ3v) is 4.88. The van der Waals surface area contributed by atoms with E-state index in [4.69, 9.17) is 0 Å². The van der Waals surface area contributed by atoms with Crippen molar-refractivity contribution in [1.82, 2.24) is 15.8 Å². The zero-order valence-electron chi connectivity index (χ0n) is 14.3. The van der Waals surface area contributed by atoms with Crippen molar-refractivity contribution in [3.05, 3.63) is 48.0 Å². The van der Waals surface area contributed by atoms with Crippen LogP contribution in [0.5, 0.6) is 0 Å². The SMILES string of the molecule is C[C@]1(CCc2ccccc2)NC(=O)N(NC(=O)[C@H]2CC=CCC2)C1=O. The molecule has 0 bridgehead atoms. The number of nitrogens with one attached hydrogen (secondary N) is 2. The molecule has 3 rings (SSSR count). The summed E-state index contributed by atoms with van der Waals surface area (Å²) in [5.41, 5.74) is 2.59. The lowest BCUT2D eigenvalue weighted by atomic mass is 9.93. The minimum Gasteiger partial charge on any atom is -0.322 e. The zero-order chi connectivity index (χ0) is 17.9. The van der Waals surface area contributed by atoms with Crippen molar-refractivity contribution in [3.63, 3.8) is 0 Å². The van der Waals surface area contributed by atoms with E-state index >= 15 is 0 Å². The van der Waals surface area contributed by atoms with Gasteiger partial charge in [0, 0.05) is 5.92 Å². The molecule has 132 valence electrons. The highest BCUT2D eigenvalue weighted by atomic mass is 16.2. The maximum absolute atomic E-state index is 12.7. The molecule has 1 fully saturated rings. The lowest BCUT2D eigenvalue weighted by Gasteiger charge is -2.23. The van der Waals surface area contributed by atoms with E-state index in [-0.39, 0.29) is 11.8 Å². The highest BCUT2D eigenvalue weighted by Crippen LogP contribution is 2.23. The monoisotopic (exact) mass is 341 g/mol. The Bertz CT molecular complexity index is 701. The molecule has 0 radical (unpaired) electrons. The molecule has 1 aliphatic heterocycles. The topological polar surface area (TPSA) is 78.5 Å². The molecule has 0 aromatic heterocycles. The Hall–Kier alpha value is -2.63. The zero-order valence-corrected chi connectivity index (χ0v) is 14.3. The lowest BCUT2D eigenvalue weighted by Crippen LogP contribution is -2.50. The fraction of sp³-hybridized carbons (Fsp3) is 0.421. The first-order chi connectivity index (χ1) is 12.0. The number of carbonyl (C=O) groups excluding carboxylic acids is 3. The molecule has 25 heavy (non-hydrogen) atoms. The molecule has 6 nitrogen and oxygen atoms in total. The Kier molecular flexibility index (Phi) is 4.88. The normalized spacial score (nSPS) is 25.8. The van der Waals surface area contributed by atoms with Gasteiger partial charge in [0.1, 0.15) is 5.54 Å². The molecule has 6 heteroatoms. The quantitative estimate of drug-likeness (QED) is 0.637. The fourth-order valence-electron chi connectivity index (χ4n) is 3.23. The summed E-state index contributed by atoms with van der Waals surface area (Å²) in [6.07, 6.45) is 7.35. The summed E-state index contributed by atoms with van der Waals surface area (Å²) < 4.78 is 0. The summed E-state index contributed by atoms with van der Waals surface area (Å²) in [5.74, 6) is -0.880. The number of hydrazine groups is 1. The Labute approximate surface area is 147 Å². The summed E-state index contributed by atoms with van der Waals surface area (Å²) in [7, 11) is 0. The lowest BCUT2D eigenvalue weighted by molar-refractivity contribution is -0.140. The molecule has 1 saturated heterocycles. The smallest absolute Gasteiger partial charge is 0.322 e. The Balaban J connectivity index is 1.62. The summed E-state index contributed by atoms with van der Waals surface area (Å²) in [4.78, 5) is 37.2. The molecule has 1 aromatic carbocycles. The number of allylic oxidation sites excluding steroid dienone is 2. The van der Waals surface area contributed by atoms with Crippen LogP contribution in [-0.2, 0) is 16.0 Å². The molecular weight excluding hydrogens is 318 g/mol. The van der Waals surface area contributed by atoms with Gasteiger partial charge in [-0.2, -0.15) is 5.01 Å². The van der Waals surface area contributed by atoms with E-state index in [9.17, 15) is 14.4 Å². The van der Waals surface area contributed by atoms with Gasteiger partial charge in [-0.05, 0) is 44.6 Å². The van der Waals surface area contributed by atoms with Crippen molar-refractivity contribution in [3.8, 4) is 0 Å². The first-order valence-corrected chi connectivity index (χ1v) is 8.66. The van der Waals surface area contributed by atoms with Gasteiger partial charge in [-0.1, -0.05) is 42.5 Å². The minimum atomic E-state index is -1.01. The van der Waals surface area contributed by atoms with Gasteiger partial charge in [0.2, 0.25) is 5.91 Å². The molecule has 0 saturated carbocycles. The van der Waals surface area contributed by atoms with Crippen molar-refractivity contribution in [2.45, 2.75) is 44.6 Å². The predicted molar refractivity (Wildman–Crippen MR) is 93.2 cm³/mol. The average molecular weight is 341 g/mol. The summed E-state index contributed by atoms with van der Waals surface area (Å²) in [6.45, 7) is 1.70. The van der Waals surface area contributed by atoms with E-state index in [2.05, 4.69) is 10.7 Å². The van der Waals surface area contributed by atoms with Crippen LogP contribution in [0.3, 0.4) is 0 Å². The summed E-state index contributed by atoms with van der Waals surface area (Å²) >= 11 is 0.